The fraction of sp³-hybridized carbons (Fsp3) is 0.280. The van der Waals surface area contributed by atoms with Crippen molar-refractivity contribution in [1.82, 2.24) is 9.88 Å². The Hall–Kier alpha value is -3.23. The zero-order valence-corrected chi connectivity index (χ0v) is 18.2. The van der Waals surface area contributed by atoms with E-state index in [2.05, 4.69) is 11.4 Å². The van der Waals surface area contributed by atoms with Crippen LogP contribution in [0, 0.1) is 11.3 Å². The highest BCUT2D eigenvalue weighted by Gasteiger charge is 2.31. The van der Waals surface area contributed by atoms with Crippen LogP contribution < -0.4 is 10.1 Å². The zero-order valence-electron chi connectivity index (χ0n) is 17.4. The van der Waals surface area contributed by atoms with Gasteiger partial charge in [0.05, 0.1) is 12.8 Å². The second kappa shape index (κ2) is 9.28. The largest absolute Gasteiger partial charge is 0.481 e. The first-order chi connectivity index (χ1) is 15.1. The second-order valence-electron chi connectivity index (χ2n) is 7.71. The number of amides is 1. The van der Waals surface area contributed by atoms with Gasteiger partial charge in [-0.2, -0.15) is 5.26 Å². The fourth-order valence-corrected chi connectivity index (χ4v) is 4.50. The number of carbonyl (C=O) groups excluding carboxylic acids is 1. The standard InChI is InChI=1S/C25H24ClN3O2/c1-31-25-21(16-27)22(17-9-4-2-5-10-17)23(24(30)28-19-12-6-3-7-13-19)29(25)20-14-8-11-18(26)15-20/h2,4-5,8-11,14-15,19H,3,6-7,12-13H2,1H3,(H,28,30). The van der Waals surface area contributed by atoms with E-state index in [0.29, 0.717) is 33.4 Å². The van der Waals surface area contributed by atoms with E-state index in [1.54, 1.807) is 16.7 Å². The molecule has 1 saturated carbocycles. The lowest BCUT2D eigenvalue weighted by atomic mass is 9.95. The molecule has 0 spiro atoms. The number of methoxy groups -OCH3 is 1. The summed E-state index contributed by atoms with van der Waals surface area (Å²) < 4.78 is 7.36. The highest BCUT2D eigenvalue weighted by molar-refractivity contribution is 6.30. The molecule has 1 aliphatic rings. The predicted molar refractivity (Wildman–Crippen MR) is 122 cm³/mol. The van der Waals surface area contributed by atoms with E-state index in [0.717, 1.165) is 31.2 Å². The highest BCUT2D eigenvalue weighted by atomic mass is 35.5. The Bertz CT molecular complexity index is 1130. The normalized spacial score (nSPS) is 14.1. The van der Waals surface area contributed by atoms with Gasteiger partial charge < -0.3 is 10.1 Å². The lowest BCUT2D eigenvalue weighted by Crippen LogP contribution is -2.37. The number of carbonyl (C=O) groups is 1. The van der Waals surface area contributed by atoms with Crippen molar-refractivity contribution in [2.45, 2.75) is 38.1 Å². The van der Waals surface area contributed by atoms with E-state index in [-0.39, 0.29) is 11.9 Å². The summed E-state index contributed by atoms with van der Waals surface area (Å²) in [6.45, 7) is 0. The zero-order chi connectivity index (χ0) is 21.8. The molecule has 1 N–H and O–H groups in total. The monoisotopic (exact) mass is 433 g/mol. The third-order valence-corrected chi connectivity index (χ3v) is 5.95. The molecular weight excluding hydrogens is 410 g/mol. The predicted octanol–water partition coefficient (Wildman–Crippen LogP) is 5.74. The van der Waals surface area contributed by atoms with Gasteiger partial charge in [-0.15, -0.1) is 0 Å². The van der Waals surface area contributed by atoms with Crippen LogP contribution >= 0.6 is 11.6 Å². The molecule has 1 fully saturated rings. The molecule has 1 aliphatic carbocycles. The van der Waals surface area contributed by atoms with Crippen LogP contribution in [0.25, 0.3) is 16.8 Å². The number of hydrogen-bond donors (Lipinski definition) is 1. The van der Waals surface area contributed by atoms with Crippen molar-refractivity contribution >= 4 is 17.5 Å². The molecule has 6 heteroatoms. The Morgan fingerprint density at radius 1 is 1.13 bits per heavy atom. The molecule has 0 bridgehead atoms. The topological polar surface area (TPSA) is 67.0 Å². The Morgan fingerprint density at radius 3 is 2.52 bits per heavy atom. The average molecular weight is 434 g/mol. The summed E-state index contributed by atoms with van der Waals surface area (Å²) in [7, 11) is 1.51. The maximum atomic E-state index is 13.7. The van der Waals surface area contributed by atoms with E-state index < -0.39 is 0 Å². The highest BCUT2D eigenvalue weighted by Crippen LogP contribution is 2.39. The molecule has 0 radical (unpaired) electrons. The van der Waals surface area contributed by atoms with Gasteiger partial charge in [-0.25, -0.2) is 0 Å². The van der Waals surface area contributed by atoms with Gasteiger partial charge in [0.2, 0.25) is 5.88 Å². The molecule has 1 heterocycles. The van der Waals surface area contributed by atoms with Crippen molar-refractivity contribution < 1.29 is 9.53 Å². The van der Waals surface area contributed by atoms with Gasteiger partial charge >= 0.3 is 0 Å². The van der Waals surface area contributed by atoms with E-state index in [9.17, 15) is 10.1 Å². The number of nitrogens with zero attached hydrogens (tertiary/aromatic N) is 2. The van der Waals surface area contributed by atoms with Crippen molar-refractivity contribution in [3.63, 3.8) is 0 Å². The quantitative estimate of drug-likeness (QED) is 0.557. The van der Waals surface area contributed by atoms with Crippen LogP contribution in [0.4, 0.5) is 0 Å². The van der Waals surface area contributed by atoms with Crippen LogP contribution in [0.1, 0.15) is 48.2 Å². The number of halogens is 1. The maximum Gasteiger partial charge on any atom is 0.269 e. The van der Waals surface area contributed by atoms with Crippen LogP contribution in [0.3, 0.4) is 0 Å². The molecule has 0 saturated heterocycles. The van der Waals surface area contributed by atoms with Crippen LogP contribution in [-0.2, 0) is 0 Å². The van der Waals surface area contributed by atoms with Crippen LogP contribution in [0.5, 0.6) is 5.88 Å². The number of aromatic nitrogens is 1. The van der Waals surface area contributed by atoms with Crippen molar-refractivity contribution in [2.24, 2.45) is 0 Å². The smallest absolute Gasteiger partial charge is 0.269 e. The summed E-state index contributed by atoms with van der Waals surface area (Å²) >= 11 is 6.26. The third kappa shape index (κ3) is 4.17. The molecule has 2 aromatic carbocycles. The number of nitriles is 1. The summed E-state index contributed by atoms with van der Waals surface area (Å²) in [5.74, 6) is 0.0999. The third-order valence-electron chi connectivity index (χ3n) is 5.72. The Morgan fingerprint density at radius 2 is 1.87 bits per heavy atom. The molecule has 1 amide bonds. The number of nitrogens with one attached hydrogen (secondary N) is 1. The lowest BCUT2D eigenvalue weighted by molar-refractivity contribution is 0.0920. The molecule has 1 aromatic heterocycles. The molecule has 4 rings (SSSR count). The molecule has 0 aliphatic heterocycles. The first-order valence-electron chi connectivity index (χ1n) is 10.5. The number of ether oxygens (including phenoxy) is 1. The Kier molecular flexibility index (Phi) is 6.29. The summed E-state index contributed by atoms with van der Waals surface area (Å²) in [6, 6.07) is 19.1. The second-order valence-corrected chi connectivity index (χ2v) is 8.15. The molecule has 5 nitrogen and oxygen atoms in total. The van der Waals surface area contributed by atoms with Gasteiger partial charge in [-0.05, 0) is 36.6 Å². The van der Waals surface area contributed by atoms with Crippen molar-refractivity contribution in [1.29, 1.82) is 5.26 Å². The average Bonchev–Trinajstić information content (AvgIpc) is 3.15. The van der Waals surface area contributed by atoms with E-state index >= 15 is 0 Å². The number of benzene rings is 2. The van der Waals surface area contributed by atoms with E-state index in [1.165, 1.54) is 13.5 Å². The number of hydrogen-bond acceptors (Lipinski definition) is 3. The van der Waals surface area contributed by atoms with Gasteiger partial charge in [-0.3, -0.25) is 9.36 Å². The molecule has 0 atom stereocenters. The van der Waals surface area contributed by atoms with Crippen molar-refractivity contribution in [2.75, 3.05) is 7.11 Å². The molecule has 3 aromatic rings. The first-order valence-corrected chi connectivity index (χ1v) is 10.9. The summed E-state index contributed by atoms with van der Waals surface area (Å²) in [5.41, 5.74) is 2.71. The summed E-state index contributed by atoms with van der Waals surface area (Å²) in [5, 5.41) is 13.8. The molecule has 31 heavy (non-hydrogen) atoms. The van der Waals surface area contributed by atoms with Crippen LogP contribution in [-0.4, -0.2) is 23.6 Å². The fourth-order valence-electron chi connectivity index (χ4n) is 4.31. The molecule has 158 valence electrons. The van der Waals surface area contributed by atoms with Gasteiger partial charge in [0, 0.05) is 16.6 Å². The minimum atomic E-state index is -0.217. The minimum absolute atomic E-state index is 0.129. The first kappa shape index (κ1) is 21.0. The van der Waals surface area contributed by atoms with Gasteiger partial charge in [0.1, 0.15) is 17.3 Å². The van der Waals surface area contributed by atoms with Gasteiger partial charge in [0.15, 0.2) is 0 Å². The van der Waals surface area contributed by atoms with Crippen molar-refractivity contribution in [3.05, 3.63) is 70.9 Å². The SMILES string of the molecule is COc1c(C#N)c(-c2ccccc2)c(C(=O)NC2CCCCC2)n1-c1cccc(Cl)c1. The van der Waals surface area contributed by atoms with Gasteiger partial charge in [-0.1, -0.05) is 67.3 Å². The minimum Gasteiger partial charge on any atom is -0.481 e. The summed E-state index contributed by atoms with van der Waals surface area (Å²) in [4.78, 5) is 13.7. The van der Waals surface area contributed by atoms with Crippen LogP contribution in [0.2, 0.25) is 5.02 Å². The molecule has 0 unspecified atom stereocenters. The van der Waals surface area contributed by atoms with Crippen molar-refractivity contribution in [3.8, 4) is 28.8 Å². The van der Waals surface area contributed by atoms with Gasteiger partial charge in [0.25, 0.3) is 5.91 Å². The maximum absolute atomic E-state index is 13.7. The van der Waals surface area contributed by atoms with E-state index in [4.69, 9.17) is 16.3 Å². The lowest BCUT2D eigenvalue weighted by Gasteiger charge is -2.23. The van der Waals surface area contributed by atoms with Crippen LogP contribution in [0.15, 0.2) is 54.6 Å². The van der Waals surface area contributed by atoms with E-state index in [1.807, 2.05) is 42.5 Å². The summed E-state index contributed by atoms with van der Waals surface area (Å²) in [6.07, 6.45) is 5.35. The number of rotatable bonds is 5. The Labute approximate surface area is 187 Å². The Balaban J connectivity index is 1.95. The molecular formula is C25H24ClN3O2.